The molecule has 1 aliphatic carbocycles. The van der Waals surface area contributed by atoms with Crippen LogP contribution in [0.25, 0.3) is 0 Å². The Morgan fingerprint density at radius 3 is 2.52 bits per heavy atom. The van der Waals surface area contributed by atoms with E-state index in [2.05, 4.69) is 15.6 Å². The first-order valence-corrected chi connectivity index (χ1v) is 10.7. The highest BCUT2D eigenvalue weighted by atomic mass is 19.1. The Kier molecular flexibility index (Phi) is 6.62. The Bertz CT molecular complexity index is 992. The van der Waals surface area contributed by atoms with E-state index in [1.807, 2.05) is 20.8 Å². The van der Waals surface area contributed by atoms with Crippen molar-refractivity contribution in [2.45, 2.75) is 65.8 Å². The van der Waals surface area contributed by atoms with E-state index in [9.17, 15) is 18.8 Å². The Morgan fingerprint density at radius 2 is 1.87 bits per heavy atom. The molecule has 1 aliphatic rings. The van der Waals surface area contributed by atoms with Gasteiger partial charge in [-0.3, -0.25) is 14.4 Å². The number of halogens is 1. The molecule has 1 aromatic carbocycles. The van der Waals surface area contributed by atoms with Gasteiger partial charge in [-0.1, -0.05) is 33.6 Å². The fourth-order valence-electron chi connectivity index (χ4n) is 4.13. The van der Waals surface area contributed by atoms with Gasteiger partial charge < -0.3 is 15.6 Å². The molecule has 2 amide bonds. The average molecular weight is 428 g/mol. The molecule has 31 heavy (non-hydrogen) atoms. The topological polar surface area (TPSA) is 91.1 Å². The number of anilines is 1. The lowest BCUT2D eigenvalue weighted by atomic mass is 9.75. The van der Waals surface area contributed by atoms with Crippen LogP contribution in [-0.4, -0.2) is 28.6 Å². The van der Waals surface area contributed by atoms with Crippen molar-refractivity contribution in [3.63, 3.8) is 0 Å². The van der Waals surface area contributed by atoms with Crippen LogP contribution in [0.5, 0.6) is 0 Å². The summed E-state index contributed by atoms with van der Waals surface area (Å²) in [5.41, 5.74) is 2.64. The van der Waals surface area contributed by atoms with Gasteiger partial charge in [0.25, 0.3) is 5.91 Å². The number of hydrogen-bond donors (Lipinski definition) is 3. The summed E-state index contributed by atoms with van der Waals surface area (Å²) in [4.78, 5) is 41.6. The number of fused-ring (bicyclic) bond motifs is 1. The molecule has 1 atom stereocenters. The Balaban J connectivity index is 1.79. The van der Waals surface area contributed by atoms with E-state index in [1.54, 1.807) is 6.92 Å². The van der Waals surface area contributed by atoms with Crippen LogP contribution in [0.15, 0.2) is 24.3 Å². The zero-order chi connectivity index (χ0) is 22.8. The molecule has 0 spiro atoms. The maximum Gasteiger partial charge on any atom is 0.268 e. The van der Waals surface area contributed by atoms with Crippen LogP contribution in [0.1, 0.15) is 78.6 Å². The summed E-state index contributed by atoms with van der Waals surface area (Å²) in [5.74, 6) is -1.12. The maximum atomic E-state index is 13.1. The molecular formula is C24H30FN3O3. The molecule has 1 unspecified atom stereocenters. The number of rotatable bonds is 7. The molecule has 2 aromatic rings. The van der Waals surface area contributed by atoms with Crippen LogP contribution in [0, 0.1) is 18.2 Å². The lowest BCUT2D eigenvalue weighted by molar-refractivity contribution is -0.118. The van der Waals surface area contributed by atoms with Crippen molar-refractivity contribution in [2.75, 3.05) is 5.32 Å². The van der Waals surface area contributed by atoms with Crippen LogP contribution in [0.3, 0.4) is 0 Å². The number of aromatic nitrogens is 1. The molecule has 0 radical (unpaired) electrons. The summed E-state index contributed by atoms with van der Waals surface area (Å²) in [7, 11) is 0. The van der Waals surface area contributed by atoms with Gasteiger partial charge >= 0.3 is 0 Å². The largest absolute Gasteiger partial charge is 0.354 e. The van der Waals surface area contributed by atoms with E-state index >= 15 is 0 Å². The molecule has 1 heterocycles. The van der Waals surface area contributed by atoms with Crippen molar-refractivity contribution in [3.05, 3.63) is 52.6 Å². The summed E-state index contributed by atoms with van der Waals surface area (Å²) in [5, 5.41) is 5.55. The average Bonchev–Trinajstić information content (AvgIpc) is 3.02. The van der Waals surface area contributed by atoms with Crippen molar-refractivity contribution in [1.82, 2.24) is 10.3 Å². The molecule has 0 aliphatic heterocycles. The van der Waals surface area contributed by atoms with E-state index < -0.39 is 17.8 Å². The predicted octanol–water partition coefficient (Wildman–Crippen LogP) is 4.54. The molecule has 0 saturated carbocycles. The van der Waals surface area contributed by atoms with Crippen LogP contribution in [0.2, 0.25) is 0 Å². The number of hydrogen-bond acceptors (Lipinski definition) is 3. The Hall–Kier alpha value is -2.96. The predicted molar refractivity (Wildman–Crippen MR) is 118 cm³/mol. The molecular weight excluding hydrogens is 397 g/mol. The zero-order valence-electron chi connectivity index (χ0n) is 18.5. The SMILES string of the molecule is CCCCC(NC(=O)c1[nH]c2c(c1C)C(=O)CC(C)(C)C2)C(=O)Nc1ccc(F)cc1. The van der Waals surface area contributed by atoms with E-state index in [0.717, 1.165) is 18.5 Å². The van der Waals surface area contributed by atoms with Gasteiger partial charge in [0.15, 0.2) is 5.78 Å². The second kappa shape index (κ2) is 9.04. The van der Waals surface area contributed by atoms with Crippen molar-refractivity contribution in [2.24, 2.45) is 5.41 Å². The van der Waals surface area contributed by atoms with Gasteiger partial charge in [0.2, 0.25) is 5.91 Å². The fourth-order valence-corrected chi connectivity index (χ4v) is 4.13. The third-order valence-electron chi connectivity index (χ3n) is 5.71. The molecule has 166 valence electrons. The van der Waals surface area contributed by atoms with Gasteiger partial charge in [0, 0.05) is 23.4 Å². The minimum absolute atomic E-state index is 0.0376. The summed E-state index contributed by atoms with van der Waals surface area (Å²) >= 11 is 0. The Labute approximate surface area is 182 Å². The first-order chi connectivity index (χ1) is 14.6. The van der Waals surface area contributed by atoms with Gasteiger partial charge in [0.05, 0.1) is 0 Å². The number of carbonyl (C=O) groups excluding carboxylic acids is 3. The number of H-pyrrole nitrogens is 1. The number of benzene rings is 1. The third kappa shape index (κ3) is 5.21. The minimum Gasteiger partial charge on any atom is -0.354 e. The van der Waals surface area contributed by atoms with Crippen LogP contribution >= 0.6 is 0 Å². The normalized spacial score (nSPS) is 15.8. The van der Waals surface area contributed by atoms with Gasteiger partial charge in [-0.2, -0.15) is 0 Å². The molecule has 0 saturated heterocycles. The third-order valence-corrected chi connectivity index (χ3v) is 5.71. The van der Waals surface area contributed by atoms with E-state index in [-0.39, 0.29) is 17.1 Å². The standard InChI is InChI=1S/C24H30FN3O3/c1-5-6-7-17(22(30)26-16-10-8-15(25)9-11-16)28-23(31)21-14(2)20-18(27-21)12-24(3,4)13-19(20)29/h8-11,17,27H,5-7,12-13H2,1-4H3,(H,26,30)(H,28,31). The van der Waals surface area contributed by atoms with Gasteiger partial charge in [-0.05, 0) is 55.0 Å². The van der Waals surface area contributed by atoms with E-state index in [1.165, 1.54) is 24.3 Å². The van der Waals surface area contributed by atoms with E-state index in [4.69, 9.17) is 0 Å². The fraction of sp³-hybridized carbons (Fsp3) is 0.458. The smallest absolute Gasteiger partial charge is 0.268 e. The zero-order valence-corrected chi connectivity index (χ0v) is 18.5. The Morgan fingerprint density at radius 1 is 1.19 bits per heavy atom. The minimum atomic E-state index is -0.746. The highest BCUT2D eigenvalue weighted by Crippen LogP contribution is 2.36. The lowest BCUT2D eigenvalue weighted by Gasteiger charge is -2.28. The van der Waals surface area contributed by atoms with Crippen molar-refractivity contribution >= 4 is 23.3 Å². The molecule has 1 aromatic heterocycles. The van der Waals surface area contributed by atoms with Crippen molar-refractivity contribution < 1.29 is 18.8 Å². The molecule has 6 nitrogen and oxygen atoms in total. The summed E-state index contributed by atoms with van der Waals surface area (Å²) < 4.78 is 13.1. The van der Waals surface area contributed by atoms with Crippen LogP contribution in [0.4, 0.5) is 10.1 Å². The maximum absolute atomic E-state index is 13.1. The summed E-state index contributed by atoms with van der Waals surface area (Å²) in [6, 6.07) is 4.73. The van der Waals surface area contributed by atoms with Crippen LogP contribution < -0.4 is 10.6 Å². The first kappa shape index (κ1) is 22.7. The highest BCUT2D eigenvalue weighted by Gasteiger charge is 2.35. The van der Waals surface area contributed by atoms with Crippen molar-refractivity contribution in [3.8, 4) is 0 Å². The van der Waals surface area contributed by atoms with Gasteiger partial charge in [0.1, 0.15) is 17.6 Å². The first-order valence-electron chi connectivity index (χ1n) is 10.7. The number of unbranched alkanes of at least 4 members (excludes halogenated alkanes) is 1. The quantitative estimate of drug-likeness (QED) is 0.606. The monoisotopic (exact) mass is 427 g/mol. The van der Waals surface area contributed by atoms with Gasteiger partial charge in [-0.25, -0.2) is 4.39 Å². The highest BCUT2D eigenvalue weighted by molar-refractivity contribution is 6.06. The molecule has 3 rings (SSSR count). The van der Waals surface area contributed by atoms with Gasteiger partial charge in [-0.15, -0.1) is 0 Å². The van der Waals surface area contributed by atoms with Crippen molar-refractivity contribution in [1.29, 1.82) is 0 Å². The summed E-state index contributed by atoms with van der Waals surface area (Å²) in [6.07, 6.45) is 3.23. The second-order valence-electron chi connectivity index (χ2n) is 9.08. The molecule has 7 heteroatoms. The number of aromatic amines is 1. The number of Topliss-reactive ketones (excluding diaryl/α,β-unsaturated/α-hetero) is 1. The second-order valence-corrected chi connectivity index (χ2v) is 9.08. The number of amides is 2. The molecule has 0 bridgehead atoms. The van der Waals surface area contributed by atoms with E-state index in [0.29, 0.717) is 41.8 Å². The number of carbonyl (C=O) groups is 3. The molecule has 0 fully saturated rings. The lowest BCUT2D eigenvalue weighted by Crippen LogP contribution is -2.44. The number of ketones is 1. The molecule has 3 N–H and O–H groups in total. The summed E-state index contributed by atoms with van der Waals surface area (Å²) in [6.45, 7) is 7.84. The van der Waals surface area contributed by atoms with Crippen LogP contribution in [-0.2, 0) is 11.2 Å². The number of nitrogens with one attached hydrogen (secondary N) is 3.